The van der Waals surface area contributed by atoms with Gasteiger partial charge in [0.1, 0.15) is 6.17 Å². The Kier molecular flexibility index (Phi) is 4.28. The third kappa shape index (κ3) is 2.82. The predicted molar refractivity (Wildman–Crippen MR) is 145 cm³/mol. The second-order valence-electron chi connectivity index (χ2n) is 9.41. The van der Waals surface area contributed by atoms with Crippen molar-refractivity contribution >= 4 is 43.7 Å². The van der Waals surface area contributed by atoms with Crippen molar-refractivity contribution < 1.29 is 0 Å². The summed E-state index contributed by atoms with van der Waals surface area (Å²) < 4.78 is 0. The number of hydrogen-bond acceptors (Lipinski definition) is 2. The highest BCUT2D eigenvalue weighted by molar-refractivity contribution is 6.23. The summed E-state index contributed by atoms with van der Waals surface area (Å²) in [6.45, 7) is 0.963. The molecule has 0 fully saturated rings. The average Bonchev–Trinajstić information content (AvgIpc) is 3.18. The summed E-state index contributed by atoms with van der Waals surface area (Å²) >= 11 is 0. The fraction of sp³-hybridized carbons (Fsp3) is 0.125. The van der Waals surface area contributed by atoms with Crippen LogP contribution in [-0.2, 0) is 6.42 Å². The van der Waals surface area contributed by atoms with Crippen LogP contribution in [0.4, 0.5) is 11.4 Å². The first kappa shape index (κ1) is 19.4. The van der Waals surface area contributed by atoms with Gasteiger partial charge in [-0.25, -0.2) is 0 Å². The molecule has 1 aliphatic rings. The van der Waals surface area contributed by atoms with Crippen molar-refractivity contribution in [3.05, 3.63) is 120 Å². The van der Waals surface area contributed by atoms with Gasteiger partial charge in [-0.2, -0.15) is 0 Å². The molecule has 1 atom stereocenters. The summed E-state index contributed by atoms with van der Waals surface area (Å²) in [5.74, 6) is 0. The van der Waals surface area contributed by atoms with E-state index in [4.69, 9.17) is 0 Å². The van der Waals surface area contributed by atoms with Gasteiger partial charge in [0.2, 0.25) is 0 Å². The molecule has 0 amide bonds. The SMILES string of the molecule is CN1c2ccccc2N(CCc2ccc3ccc4cccc5ccc2c3c45)C1c1ccccc1. The molecule has 0 radical (unpaired) electrons. The van der Waals surface area contributed by atoms with Crippen molar-refractivity contribution in [2.75, 3.05) is 23.4 Å². The van der Waals surface area contributed by atoms with Gasteiger partial charge in [-0.1, -0.05) is 97.1 Å². The Balaban J connectivity index is 1.31. The standard InChI is InChI=1S/C32H26N2/c1-33-28-12-5-6-13-29(28)34(32(33)26-8-3-2-4-9-26)21-20-22-14-15-25-17-16-23-10-7-11-24-18-19-27(22)31(25)30(23)24/h2-19,32H,20-21H2,1H3. The van der Waals surface area contributed by atoms with Crippen molar-refractivity contribution in [3.8, 4) is 0 Å². The van der Waals surface area contributed by atoms with E-state index in [0.29, 0.717) is 0 Å². The van der Waals surface area contributed by atoms with Gasteiger partial charge in [0, 0.05) is 13.6 Å². The lowest BCUT2D eigenvalue weighted by molar-refractivity contribution is 0.642. The zero-order valence-electron chi connectivity index (χ0n) is 19.3. The molecule has 0 N–H and O–H groups in total. The van der Waals surface area contributed by atoms with E-state index >= 15 is 0 Å². The molecule has 0 bridgehead atoms. The average molecular weight is 439 g/mol. The molecule has 0 aromatic heterocycles. The third-order valence-corrected chi connectivity index (χ3v) is 7.57. The van der Waals surface area contributed by atoms with Crippen molar-refractivity contribution in [2.45, 2.75) is 12.6 Å². The molecular formula is C32H26N2. The number of rotatable bonds is 4. The summed E-state index contributed by atoms with van der Waals surface area (Å²) in [5, 5.41) is 8.17. The first-order chi connectivity index (χ1) is 16.8. The smallest absolute Gasteiger partial charge is 0.128 e. The Morgan fingerprint density at radius 1 is 0.588 bits per heavy atom. The molecule has 34 heavy (non-hydrogen) atoms. The van der Waals surface area contributed by atoms with E-state index in [1.54, 1.807) is 0 Å². The summed E-state index contributed by atoms with van der Waals surface area (Å²) in [5.41, 5.74) is 5.37. The minimum Gasteiger partial charge on any atom is -0.349 e. The highest BCUT2D eigenvalue weighted by Crippen LogP contribution is 2.45. The molecule has 1 aliphatic heterocycles. The van der Waals surface area contributed by atoms with Gasteiger partial charge in [0.05, 0.1) is 11.4 Å². The normalized spacial score (nSPS) is 15.6. The van der Waals surface area contributed by atoms with Crippen LogP contribution in [0, 0.1) is 0 Å². The lowest BCUT2D eigenvalue weighted by atomic mass is 9.91. The molecular weight excluding hydrogens is 412 g/mol. The number of fused-ring (bicyclic) bond motifs is 1. The second-order valence-corrected chi connectivity index (χ2v) is 9.41. The van der Waals surface area contributed by atoms with E-state index in [1.165, 1.54) is 54.8 Å². The molecule has 0 saturated heterocycles. The molecule has 2 nitrogen and oxygen atoms in total. The van der Waals surface area contributed by atoms with E-state index in [0.717, 1.165) is 13.0 Å². The zero-order valence-corrected chi connectivity index (χ0v) is 19.3. The van der Waals surface area contributed by atoms with Crippen LogP contribution in [0.5, 0.6) is 0 Å². The van der Waals surface area contributed by atoms with Crippen LogP contribution in [0.1, 0.15) is 17.3 Å². The van der Waals surface area contributed by atoms with Gasteiger partial charge >= 0.3 is 0 Å². The molecule has 1 heterocycles. The Hall–Kier alpha value is -4.04. The highest BCUT2D eigenvalue weighted by atomic mass is 15.4. The number of anilines is 2. The summed E-state index contributed by atoms with van der Waals surface area (Å²) in [4.78, 5) is 4.98. The van der Waals surface area contributed by atoms with E-state index in [2.05, 4.69) is 126 Å². The molecule has 0 saturated carbocycles. The predicted octanol–water partition coefficient (Wildman–Crippen LogP) is 7.78. The number of benzene rings is 6. The van der Waals surface area contributed by atoms with E-state index in [-0.39, 0.29) is 6.17 Å². The van der Waals surface area contributed by atoms with E-state index in [1.807, 2.05) is 0 Å². The lowest BCUT2D eigenvalue weighted by Gasteiger charge is -2.31. The van der Waals surface area contributed by atoms with Gasteiger partial charge in [-0.3, -0.25) is 0 Å². The Morgan fingerprint density at radius 2 is 1.24 bits per heavy atom. The highest BCUT2D eigenvalue weighted by Gasteiger charge is 2.34. The topological polar surface area (TPSA) is 6.48 Å². The van der Waals surface area contributed by atoms with Crippen molar-refractivity contribution in [1.82, 2.24) is 0 Å². The Labute approximate surface area is 200 Å². The second kappa shape index (κ2) is 7.50. The minimum atomic E-state index is 0.207. The van der Waals surface area contributed by atoms with E-state index < -0.39 is 0 Å². The maximum absolute atomic E-state index is 2.57. The van der Waals surface area contributed by atoms with Crippen LogP contribution in [0.15, 0.2) is 109 Å². The van der Waals surface area contributed by atoms with Crippen LogP contribution >= 0.6 is 0 Å². The minimum absolute atomic E-state index is 0.207. The molecule has 0 aliphatic carbocycles. The van der Waals surface area contributed by atoms with Crippen molar-refractivity contribution in [3.63, 3.8) is 0 Å². The molecule has 0 spiro atoms. The van der Waals surface area contributed by atoms with Gasteiger partial charge in [0.15, 0.2) is 0 Å². The number of para-hydroxylation sites is 2. The Morgan fingerprint density at radius 3 is 2.03 bits per heavy atom. The monoisotopic (exact) mass is 438 g/mol. The summed E-state index contributed by atoms with van der Waals surface area (Å²) in [6, 6.07) is 40.1. The molecule has 2 heteroatoms. The summed E-state index contributed by atoms with van der Waals surface area (Å²) in [6.07, 6.45) is 1.21. The molecule has 6 aromatic rings. The quantitative estimate of drug-likeness (QED) is 0.259. The maximum atomic E-state index is 2.57. The largest absolute Gasteiger partial charge is 0.349 e. The zero-order chi connectivity index (χ0) is 22.6. The molecule has 6 aromatic carbocycles. The van der Waals surface area contributed by atoms with Crippen LogP contribution in [-0.4, -0.2) is 13.6 Å². The molecule has 1 unspecified atom stereocenters. The number of nitrogens with zero attached hydrogens (tertiary/aromatic N) is 2. The van der Waals surface area contributed by atoms with Crippen LogP contribution in [0.3, 0.4) is 0 Å². The molecule has 7 rings (SSSR count). The molecule has 164 valence electrons. The maximum Gasteiger partial charge on any atom is 0.128 e. The van der Waals surface area contributed by atoms with Crippen LogP contribution in [0.25, 0.3) is 32.3 Å². The van der Waals surface area contributed by atoms with Crippen LogP contribution in [0.2, 0.25) is 0 Å². The first-order valence-electron chi connectivity index (χ1n) is 12.1. The Bertz CT molecular complexity index is 1620. The van der Waals surface area contributed by atoms with Gasteiger partial charge in [-0.15, -0.1) is 0 Å². The van der Waals surface area contributed by atoms with Gasteiger partial charge in [0.25, 0.3) is 0 Å². The lowest BCUT2D eigenvalue weighted by Crippen LogP contribution is -2.34. The van der Waals surface area contributed by atoms with Gasteiger partial charge in [-0.05, 0) is 62.0 Å². The fourth-order valence-corrected chi connectivity index (χ4v) is 6.00. The van der Waals surface area contributed by atoms with Crippen LogP contribution < -0.4 is 9.80 Å². The number of hydrogen-bond donors (Lipinski definition) is 0. The van der Waals surface area contributed by atoms with Crippen molar-refractivity contribution in [2.24, 2.45) is 0 Å². The fourth-order valence-electron chi connectivity index (χ4n) is 6.00. The van der Waals surface area contributed by atoms with Gasteiger partial charge < -0.3 is 9.80 Å². The van der Waals surface area contributed by atoms with Crippen molar-refractivity contribution in [1.29, 1.82) is 0 Å². The third-order valence-electron chi connectivity index (χ3n) is 7.57. The summed E-state index contributed by atoms with van der Waals surface area (Å²) in [7, 11) is 2.21. The first-order valence-corrected chi connectivity index (χ1v) is 12.1. The van der Waals surface area contributed by atoms with E-state index in [9.17, 15) is 0 Å².